The van der Waals surface area contributed by atoms with Gasteiger partial charge in [-0.15, -0.1) is 11.8 Å². The number of rotatable bonds is 3. The molecule has 0 amide bonds. The number of halogens is 2. The number of aliphatic hydroxyl groups is 1. The number of nitrogens with zero attached hydrogens (tertiary/aromatic N) is 1. The van der Waals surface area contributed by atoms with Crippen LogP contribution >= 0.6 is 27.7 Å². The van der Waals surface area contributed by atoms with E-state index in [0.29, 0.717) is 4.90 Å². The van der Waals surface area contributed by atoms with E-state index >= 15 is 0 Å². The third-order valence-corrected chi connectivity index (χ3v) is 3.65. The summed E-state index contributed by atoms with van der Waals surface area (Å²) in [6.07, 6.45) is 0. The maximum Gasteiger partial charge on any atom is 0.152 e. The molecule has 0 bridgehead atoms. The van der Waals surface area contributed by atoms with Gasteiger partial charge >= 0.3 is 0 Å². The molecule has 0 radical (unpaired) electrons. The highest BCUT2D eigenvalue weighted by atomic mass is 79.9. The van der Waals surface area contributed by atoms with Crippen LogP contribution in [0.4, 0.5) is 4.39 Å². The number of hydrogen-bond donors (Lipinski definition) is 1. The van der Waals surface area contributed by atoms with Crippen molar-refractivity contribution in [2.24, 2.45) is 0 Å². The first-order valence-electron chi connectivity index (χ1n) is 4.25. The number of hydrogen-bond acceptors (Lipinski definition) is 3. The molecule has 0 heterocycles. The standard InChI is InChI=1S/C10H9BrFNOS/c1-6(5-14)15-8-3-2-7(4-13)9(11)10(8)12/h2-3,6,14H,5H2,1H3. The fraction of sp³-hybridized carbons (Fsp3) is 0.300. The van der Waals surface area contributed by atoms with Crippen molar-refractivity contribution in [3.63, 3.8) is 0 Å². The van der Waals surface area contributed by atoms with E-state index in [1.54, 1.807) is 19.1 Å². The number of thioether (sulfide) groups is 1. The lowest BCUT2D eigenvalue weighted by Crippen LogP contribution is -2.02. The van der Waals surface area contributed by atoms with E-state index in [9.17, 15) is 4.39 Å². The summed E-state index contributed by atoms with van der Waals surface area (Å²) in [7, 11) is 0. The van der Waals surface area contributed by atoms with Crippen LogP contribution in [0.15, 0.2) is 21.5 Å². The lowest BCUT2D eigenvalue weighted by molar-refractivity contribution is 0.300. The van der Waals surface area contributed by atoms with Gasteiger partial charge in [0.15, 0.2) is 5.82 Å². The molecule has 1 atom stereocenters. The molecule has 0 aliphatic rings. The predicted octanol–water partition coefficient (Wildman–Crippen LogP) is 2.93. The number of aliphatic hydroxyl groups excluding tert-OH is 1. The molecule has 0 fully saturated rings. The summed E-state index contributed by atoms with van der Waals surface area (Å²) in [4.78, 5) is 0.433. The quantitative estimate of drug-likeness (QED) is 0.870. The Bertz CT molecular complexity index is 405. The topological polar surface area (TPSA) is 44.0 Å². The normalized spacial score (nSPS) is 12.2. The highest BCUT2D eigenvalue weighted by molar-refractivity contribution is 9.10. The SMILES string of the molecule is CC(CO)Sc1ccc(C#N)c(Br)c1F. The zero-order valence-corrected chi connectivity index (χ0v) is 10.4. The van der Waals surface area contributed by atoms with Gasteiger partial charge in [0.25, 0.3) is 0 Å². The van der Waals surface area contributed by atoms with Crippen LogP contribution in [0.2, 0.25) is 0 Å². The van der Waals surface area contributed by atoms with Crippen LogP contribution in [0.5, 0.6) is 0 Å². The highest BCUT2D eigenvalue weighted by Crippen LogP contribution is 2.31. The van der Waals surface area contributed by atoms with Gasteiger partial charge < -0.3 is 5.11 Å². The monoisotopic (exact) mass is 289 g/mol. The summed E-state index contributed by atoms with van der Waals surface area (Å²) in [5, 5.41) is 17.4. The molecule has 0 aromatic heterocycles. The molecule has 1 unspecified atom stereocenters. The van der Waals surface area contributed by atoms with Gasteiger partial charge in [-0.3, -0.25) is 0 Å². The van der Waals surface area contributed by atoms with Gasteiger partial charge in [-0.1, -0.05) is 6.92 Å². The van der Waals surface area contributed by atoms with Crippen molar-refractivity contribution in [1.29, 1.82) is 5.26 Å². The molecule has 15 heavy (non-hydrogen) atoms. The van der Waals surface area contributed by atoms with E-state index in [2.05, 4.69) is 15.9 Å². The number of nitriles is 1. The first-order chi connectivity index (χ1) is 7.10. The van der Waals surface area contributed by atoms with Crippen molar-refractivity contribution in [3.05, 3.63) is 28.0 Å². The molecule has 0 spiro atoms. The van der Waals surface area contributed by atoms with Crippen LogP contribution in [-0.2, 0) is 0 Å². The van der Waals surface area contributed by atoms with Crippen molar-refractivity contribution in [1.82, 2.24) is 0 Å². The summed E-state index contributed by atoms with van der Waals surface area (Å²) < 4.78 is 13.8. The van der Waals surface area contributed by atoms with Gasteiger partial charge in [0, 0.05) is 10.1 Å². The zero-order chi connectivity index (χ0) is 11.4. The smallest absolute Gasteiger partial charge is 0.152 e. The molecule has 5 heteroatoms. The van der Waals surface area contributed by atoms with Gasteiger partial charge in [-0.25, -0.2) is 4.39 Å². The summed E-state index contributed by atoms with van der Waals surface area (Å²) in [6, 6.07) is 4.99. The van der Waals surface area contributed by atoms with Crippen molar-refractivity contribution >= 4 is 27.7 Å². The van der Waals surface area contributed by atoms with Crippen LogP contribution in [0.25, 0.3) is 0 Å². The third-order valence-electron chi connectivity index (χ3n) is 1.75. The molecule has 1 N–H and O–H groups in total. The average molecular weight is 290 g/mol. The maximum absolute atomic E-state index is 13.6. The van der Waals surface area contributed by atoms with Gasteiger partial charge in [-0.2, -0.15) is 5.26 Å². The number of benzene rings is 1. The molecular formula is C10H9BrFNOS. The second-order valence-electron chi connectivity index (χ2n) is 2.96. The minimum atomic E-state index is -0.445. The molecular weight excluding hydrogens is 281 g/mol. The summed E-state index contributed by atoms with van der Waals surface area (Å²) in [5.41, 5.74) is 0.272. The lowest BCUT2D eigenvalue weighted by atomic mass is 10.2. The van der Waals surface area contributed by atoms with Gasteiger partial charge in [0.05, 0.1) is 16.6 Å². The summed E-state index contributed by atoms with van der Waals surface area (Å²) in [5.74, 6) is -0.445. The van der Waals surface area contributed by atoms with Crippen LogP contribution < -0.4 is 0 Å². The Kier molecular flexibility index (Phi) is 4.58. The van der Waals surface area contributed by atoms with E-state index in [4.69, 9.17) is 10.4 Å². The van der Waals surface area contributed by atoms with Crippen molar-refractivity contribution in [2.45, 2.75) is 17.1 Å². The molecule has 80 valence electrons. The summed E-state index contributed by atoms with van der Waals surface area (Å²) in [6.45, 7) is 1.79. The van der Waals surface area contributed by atoms with Crippen LogP contribution in [0.1, 0.15) is 12.5 Å². The van der Waals surface area contributed by atoms with E-state index in [1.165, 1.54) is 11.8 Å². The third kappa shape index (κ3) is 2.94. The van der Waals surface area contributed by atoms with Crippen LogP contribution in [0, 0.1) is 17.1 Å². The van der Waals surface area contributed by atoms with Crippen molar-refractivity contribution in [3.8, 4) is 6.07 Å². The maximum atomic E-state index is 13.6. The van der Waals surface area contributed by atoms with Crippen LogP contribution in [0.3, 0.4) is 0 Å². The predicted molar refractivity (Wildman–Crippen MR) is 61.2 cm³/mol. The van der Waals surface area contributed by atoms with Crippen LogP contribution in [-0.4, -0.2) is 17.0 Å². The Balaban J connectivity index is 3.03. The molecule has 0 aliphatic carbocycles. The first kappa shape index (κ1) is 12.5. The van der Waals surface area contributed by atoms with E-state index in [-0.39, 0.29) is 21.9 Å². The summed E-state index contributed by atoms with van der Waals surface area (Å²) >= 11 is 4.27. The first-order valence-corrected chi connectivity index (χ1v) is 5.93. The van der Waals surface area contributed by atoms with E-state index < -0.39 is 5.82 Å². The molecule has 1 rings (SSSR count). The molecule has 2 nitrogen and oxygen atoms in total. The lowest BCUT2D eigenvalue weighted by Gasteiger charge is -2.09. The van der Waals surface area contributed by atoms with Crippen molar-refractivity contribution < 1.29 is 9.50 Å². The molecule has 1 aromatic carbocycles. The highest BCUT2D eigenvalue weighted by Gasteiger charge is 2.13. The van der Waals surface area contributed by atoms with E-state index in [1.807, 2.05) is 6.07 Å². The fourth-order valence-electron chi connectivity index (χ4n) is 0.963. The van der Waals surface area contributed by atoms with E-state index in [0.717, 1.165) is 0 Å². The Labute approximate surface area is 100 Å². The molecule has 0 aliphatic heterocycles. The Morgan fingerprint density at radius 1 is 1.67 bits per heavy atom. The minimum Gasteiger partial charge on any atom is -0.395 e. The fourth-order valence-corrected chi connectivity index (χ4v) is 2.39. The second kappa shape index (κ2) is 5.50. The molecule has 1 aromatic rings. The Morgan fingerprint density at radius 3 is 2.87 bits per heavy atom. The Morgan fingerprint density at radius 2 is 2.33 bits per heavy atom. The molecule has 0 saturated heterocycles. The Hall–Kier alpha value is -0.570. The average Bonchev–Trinajstić information content (AvgIpc) is 2.25. The van der Waals surface area contributed by atoms with Gasteiger partial charge in [-0.05, 0) is 28.1 Å². The zero-order valence-electron chi connectivity index (χ0n) is 8.00. The second-order valence-corrected chi connectivity index (χ2v) is 5.24. The minimum absolute atomic E-state index is 0.0122. The largest absolute Gasteiger partial charge is 0.395 e. The van der Waals surface area contributed by atoms with Gasteiger partial charge in [0.1, 0.15) is 6.07 Å². The molecule has 0 saturated carbocycles. The van der Waals surface area contributed by atoms with Crippen molar-refractivity contribution in [2.75, 3.05) is 6.61 Å². The van der Waals surface area contributed by atoms with Gasteiger partial charge in [0.2, 0.25) is 0 Å².